The molecule has 2 N–H and O–H groups in total. The molecule has 0 spiro atoms. The molecule has 1 rings (SSSR count). The molecule has 0 aromatic heterocycles. The van der Waals surface area contributed by atoms with E-state index in [2.05, 4.69) is 0 Å². The molecule has 0 bridgehead atoms. The average Bonchev–Trinajstić information content (AvgIpc) is 2.35. The molecule has 1 amide bonds. The van der Waals surface area contributed by atoms with Crippen molar-refractivity contribution < 1.29 is 4.79 Å². The third-order valence-electron chi connectivity index (χ3n) is 2.72. The second-order valence-corrected chi connectivity index (χ2v) is 4.65. The Morgan fingerprint density at radius 1 is 1.28 bits per heavy atom. The highest BCUT2D eigenvalue weighted by atomic mass is 32.1. The van der Waals surface area contributed by atoms with E-state index >= 15 is 0 Å². The van der Waals surface area contributed by atoms with Gasteiger partial charge >= 0.3 is 0 Å². The Balaban J connectivity index is 2.82. The van der Waals surface area contributed by atoms with Crippen molar-refractivity contribution in [2.45, 2.75) is 6.92 Å². The zero-order chi connectivity index (χ0) is 13.7. The Morgan fingerprint density at radius 3 is 2.22 bits per heavy atom. The smallest absolute Gasteiger partial charge is 0.241 e. The molecule has 0 aliphatic heterocycles. The van der Waals surface area contributed by atoms with Crippen LogP contribution in [0.15, 0.2) is 24.3 Å². The summed E-state index contributed by atoms with van der Waals surface area (Å²) in [6, 6.07) is 7.61. The van der Waals surface area contributed by atoms with E-state index in [1.165, 1.54) is 0 Å². The van der Waals surface area contributed by atoms with Crippen LogP contribution in [0.4, 0.5) is 5.69 Å². The molecule has 1 aromatic carbocycles. The average molecular weight is 265 g/mol. The highest BCUT2D eigenvalue weighted by Crippen LogP contribution is 2.15. The SMILES string of the molecule is CCN(CC(=O)N(C)C)c1ccc(C(N)=S)cc1. The number of hydrogen-bond acceptors (Lipinski definition) is 3. The number of carbonyl (C=O) groups excluding carboxylic acids is 1. The maximum absolute atomic E-state index is 11.7. The van der Waals surface area contributed by atoms with E-state index in [1.54, 1.807) is 19.0 Å². The number of benzene rings is 1. The van der Waals surface area contributed by atoms with Crippen LogP contribution in [0.1, 0.15) is 12.5 Å². The number of nitrogens with zero attached hydrogens (tertiary/aromatic N) is 2. The first kappa shape index (κ1) is 14.4. The summed E-state index contributed by atoms with van der Waals surface area (Å²) < 4.78 is 0. The molecule has 0 saturated carbocycles. The summed E-state index contributed by atoms with van der Waals surface area (Å²) in [5.41, 5.74) is 7.38. The molecule has 0 saturated heterocycles. The van der Waals surface area contributed by atoms with Crippen LogP contribution in [0.2, 0.25) is 0 Å². The zero-order valence-corrected chi connectivity index (χ0v) is 11.8. The van der Waals surface area contributed by atoms with Crippen molar-refractivity contribution >= 4 is 28.8 Å². The summed E-state index contributed by atoms with van der Waals surface area (Å²) in [5, 5.41) is 0. The van der Waals surface area contributed by atoms with E-state index in [1.807, 2.05) is 36.1 Å². The molecule has 0 unspecified atom stereocenters. The van der Waals surface area contributed by atoms with Crippen LogP contribution in [0.25, 0.3) is 0 Å². The summed E-state index contributed by atoms with van der Waals surface area (Å²) in [6.45, 7) is 3.16. The number of hydrogen-bond donors (Lipinski definition) is 1. The summed E-state index contributed by atoms with van der Waals surface area (Å²) >= 11 is 4.91. The Labute approximate surface area is 113 Å². The van der Waals surface area contributed by atoms with Gasteiger partial charge in [-0.2, -0.15) is 0 Å². The molecule has 18 heavy (non-hydrogen) atoms. The van der Waals surface area contributed by atoms with Crippen molar-refractivity contribution in [1.82, 2.24) is 4.90 Å². The number of thiocarbonyl (C=S) groups is 1. The van der Waals surface area contributed by atoms with E-state index < -0.39 is 0 Å². The minimum Gasteiger partial charge on any atom is -0.389 e. The molecule has 0 heterocycles. The van der Waals surface area contributed by atoms with Gasteiger partial charge < -0.3 is 15.5 Å². The van der Waals surface area contributed by atoms with Gasteiger partial charge in [0.2, 0.25) is 5.91 Å². The van der Waals surface area contributed by atoms with Gasteiger partial charge in [0.25, 0.3) is 0 Å². The molecule has 0 aliphatic rings. The molecule has 0 atom stereocenters. The largest absolute Gasteiger partial charge is 0.389 e. The lowest BCUT2D eigenvalue weighted by Gasteiger charge is -2.24. The molecule has 98 valence electrons. The summed E-state index contributed by atoms with van der Waals surface area (Å²) in [7, 11) is 3.51. The maximum atomic E-state index is 11.7. The number of nitrogens with two attached hydrogens (primary N) is 1. The monoisotopic (exact) mass is 265 g/mol. The van der Waals surface area contributed by atoms with Crippen molar-refractivity contribution in [3.8, 4) is 0 Å². The van der Waals surface area contributed by atoms with Gasteiger partial charge in [-0.1, -0.05) is 12.2 Å². The van der Waals surface area contributed by atoms with Crippen molar-refractivity contribution in [2.75, 3.05) is 32.1 Å². The molecule has 0 aliphatic carbocycles. The lowest BCUT2D eigenvalue weighted by Crippen LogP contribution is -2.36. The van der Waals surface area contributed by atoms with Gasteiger partial charge in [-0.25, -0.2) is 0 Å². The number of rotatable bonds is 5. The number of anilines is 1. The van der Waals surface area contributed by atoms with Crippen molar-refractivity contribution in [3.05, 3.63) is 29.8 Å². The summed E-state index contributed by atoms with van der Waals surface area (Å²) in [5.74, 6) is 0.0790. The summed E-state index contributed by atoms with van der Waals surface area (Å²) in [4.78, 5) is 15.7. The van der Waals surface area contributed by atoms with Gasteiger partial charge in [0.05, 0.1) is 6.54 Å². The fourth-order valence-electron chi connectivity index (χ4n) is 1.53. The van der Waals surface area contributed by atoms with Crippen LogP contribution in [0.3, 0.4) is 0 Å². The molecule has 1 aromatic rings. The minimum absolute atomic E-state index is 0.0790. The molecule has 0 fully saturated rings. The topological polar surface area (TPSA) is 49.6 Å². The van der Waals surface area contributed by atoms with Crippen LogP contribution in [-0.4, -0.2) is 43.0 Å². The predicted molar refractivity (Wildman–Crippen MR) is 78.9 cm³/mol. The van der Waals surface area contributed by atoms with Crippen LogP contribution in [0, 0.1) is 0 Å². The fraction of sp³-hybridized carbons (Fsp3) is 0.385. The minimum atomic E-state index is 0.0790. The maximum Gasteiger partial charge on any atom is 0.241 e. The highest BCUT2D eigenvalue weighted by molar-refractivity contribution is 7.80. The Morgan fingerprint density at radius 2 is 1.83 bits per heavy atom. The molecule has 0 radical (unpaired) electrons. The molecular formula is C13H19N3OS. The van der Waals surface area contributed by atoms with E-state index in [-0.39, 0.29) is 5.91 Å². The first-order valence-electron chi connectivity index (χ1n) is 5.80. The lowest BCUT2D eigenvalue weighted by atomic mass is 10.2. The van der Waals surface area contributed by atoms with Gasteiger partial charge in [0.1, 0.15) is 4.99 Å². The Kier molecular flexibility index (Phi) is 5.09. The van der Waals surface area contributed by atoms with Crippen LogP contribution in [0.5, 0.6) is 0 Å². The highest BCUT2D eigenvalue weighted by Gasteiger charge is 2.11. The van der Waals surface area contributed by atoms with Crippen LogP contribution in [-0.2, 0) is 4.79 Å². The Bertz CT molecular complexity index is 428. The van der Waals surface area contributed by atoms with Crippen LogP contribution >= 0.6 is 12.2 Å². The normalized spacial score (nSPS) is 9.94. The van der Waals surface area contributed by atoms with Gasteiger partial charge in [-0.15, -0.1) is 0 Å². The van der Waals surface area contributed by atoms with Gasteiger partial charge in [-0.05, 0) is 31.2 Å². The van der Waals surface area contributed by atoms with Crippen LogP contribution < -0.4 is 10.6 Å². The van der Waals surface area contributed by atoms with Gasteiger partial charge in [0.15, 0.2) is 0 Å². The first-order valence-corrected chi connectivity index (χ1v) is 6.21. The molecule has 5 heteroatoms. The number of likely N-dealkylation sites (N-methyl/N-ethyl adjacent to an activating group) is 2. The molecule has 4 nitrogen and oxygen atoms in total. The quantitative estimate of drug-likeness (QED) is 0.814. The third kappa shape index (κ3) is 3.70. The number of carbonyl (C=O) groups is 1. The van der Waals surface area contributed by atoms with Gasteiger partial charge in [0, 0.05) is 31.9 Å². The van der Waals surface area contributed by atoms with Crippen molar-refractivity contribution in [2.24, 2.45) is 5.73 Å². The first-order chi connectivity index (χ1) is 8.45. The van der Waals surface area contributed by atoms with Crippen molar-refractivity contribution in [3.63, 3.8) is 0 Å². The van der Waals surface area contributed by atoms with Crippen molar-refractivity contribution in [1.29, 1.82) is 0 Å². The van der Waals surface area contributed by atoms with E-state index in [0.29, 0.717) is 11.5 Å². The van der Waals surface area contributed by atoms with E-state index in [4.69, 9.17) is 18.0 Å². The standard InChI is InChI=1S/C13H19N3OS/c1-4-16(9-12(17)15(2)3)11-7-5-10(6-8-11)13(14)18/h5-8H,4,9H2,1-3H3,(H2,14,18). The zero-order valence-electron chi connectivity index (χ0n) is 11.0. The molecular weight excluding hydrogens is 246 g/mol. The third-order valence-corrected chi connectivity index (χ3v) is 2.96. The van der Waals surface area contributed by atoms with E-state index in [0.717, 1.165) is 17.8 Å². The second kappa shape index (κ2) is 6.35. The Hall–Kier alpha value is -1.62. The van der Waals surface area contributed by atoms with E-state index in [9.17, 15) is 4.79 Å². The predicted octanol–water partition coefficient (Wildman–Crippen LogP) is 1.24. The summed E-state index contributed by atoms with van der Waals surface area (Å²) in [6.07, 6.45) is 0. The van der Waals surface area contributed by atoms with Gasteiger partial charge in [-0.3, -0.25) is 4.79 Å². The second-order valence-electron chi connectivity index (χ2n) is 4.21. The fourth-order valence-corrected chi connectivity index (χ4v) is 1.66. The number of amides is 1. The lowest BCUT2D eigenvalue weighted by molar-refractivity contribution is -0.127.